The third-order valence-corrected chi connectivity index (χ3v) is 15.3. The summed E-state index contributed by atoms with van der Waals surface area (Å²) in [7, 11) is -2.02. The molecular weight excluding hydrogens is 712 g/mol. The number of rotatable bonds is 22. The average molecular weight is 777 g/mol. The van der Waals surface area contributed by atoms with E-state index in [4.69, 9.17) is 21.7 Å². The molecule has 0 aliphatic carbocycles. The van der Waals surface area contributed by atoms with Crippen LogP contribution in [-0.2, 0) is 0 Å². The molecule has 0 radical (unpaired) electrons. The summed E-state index contributed by atoms with van der Waals surface area (Å²) in [5.41, 5.74) is 1.82. The van der Waals surface area contributed by atoms with Crippen LogP contribution in [0.4, 0.5) is 11.4 Å². The number of thiocarbonyl (C=S) groups is 1. The fraction of sp³-hybridized carbons (Fsp3) is 0.367. The minimum atomic E-state index is -2.02. The smallest absolute Gasteiger partial charge is 0.175 e. The monoisotopic (exact) mass is 776 g/mol. The maximum Gasteiger partial charge on any atom is 0.175 e. The first-order chi connectivity index (χ1) is 27.1. The van der Waals surface area contributed by atoms with E-state index in [9.17, 15) is 0 Å². The predicted molar refractivity (Wildman–Crippen MR) is 248 cm³/mol. The minimum Gasteiger partial charge on any atom is -0.494 e. The van der Waals surface area contributed by atoms with Crippen LogP contribution in [0.3, 0.4) is 0 Å². The SMILES string of the molecule is CCCCCCCCCCCCCC[PH](c1ccccc1)(c1ccccc1)c1ccccc1.CCOc1ccc(NC(=S)Nc2ccc(OCC)cc2)cc1. The third-order valence-electron chi connectivity index (χ3n) is 10.1. The quantitative estimate of drug-likeness (QED) is 0.0416. The molecule has 5 rings (SSSR count). The van der Waals surface area contributed by atoms with Gasteiger partial charge in [0, 0.05) is 11.4 Å². The van der Waals surface area contributed by atoms with E-state index in [2.05, 4.69) is 109 Å². The Balaban J connectivity index is 0.000000265. The first-order valence-corrected chi connectivity index (χ1v) is 23.4. The number of hydrogen-bond donors (Lipinski definition) is 2. The van der Waals surface area contributed by atoms with Crippen molar-refractivity contribution in [1.29, 1.82) is 0 Å². The second-order valence-electron chi connectivity index (χ2n) is 14.1. The molecule has 0 aliphatic rings. The van der Waals surface area contributed by atoms with Gasteiger partial charge in [0.05, 0.1) is 13.2 Å². The Kier molecular flexibility index (Phi) is 20.4. The van der Waals surface area contributed by atoms with Crippen LogP contribution in [0.25, 0.3) is 0 Å². The summed E-state index contributed by atoms with van der Waals surface area (Å²) >= 11 is 5.30. The van der Waals surface area contributed by atoms with Crippen molar-refractivity contribution in [2.45, 2.75) is 97.8 Å². The topological polar surface area (TPSA) is 42.5 Å². The van der Waals surface area contributed by atoms with Crippen LogP contribution in [0, 0.1) is 0 Å². The van der Waals surface area contributed by atoms with Gasteiger partial charge in [-0.1, -0.05) is 13.3 Å². The summed E-state index contributed by atoms with van der Waals surface area (Å²) in [5.74, 6) is 1.69. The van der Waals surface area contributed by atoms with Gasteiger partial charge in [0.1, 0.15) is 11.5 Å². The van der Waals surface area contributed by atoms with Gasteiger partial charge in [0.25, 0.3) is 0 Å². The van der Waals surface area contributed by atoms with Gasteiger partial charge in [-0.15, -0.1) is 0 Å². The molecule has 0 amide bonds. The standard InChI is InChI=1S/C32H45P.C17H20N2O2S/c1-2-3-4-5-6-7-8-9-10-11-12-22-29-33(30-23-16-13-17-24-30,31-25-18-14-19-26-31)32-27-20-15-21-28-32;1-3-20-15-9-5-13(6-10-15)18-17(22)19-14-7-11-16(12-8-14)21-4-2/h13-21,23-28,33H,2-12,22,29H2,1H3;5-12H,3-4H2,1-2H3,(H2,18,19,22). The number of ether oxygens (including phenoxy) is 2. The van der Waals surface area contributed by atoms with E-state index >= 15 is 0 Å². The molecule has 0 heterocycles. The Bertz CT molecular complexity index is 1570. The van der Waals surface area contributed by atoms with Gasteiger partial charge in [-0.05, 0) is 74.6 Å². The van der Waals surface area contributed by atoms with Crippen LogP contribution >= 0.6 is 19.5 Å². The maximum absolute atomic E-state index is 5.40. The number of unbranched alkanes of at least 4 members (excludes halogenated alkanes) is 11. The van der Waals surface area contributed by atoms with Gasteiger partial charge < -0.3 is 20.1 Å². The molecule has 294 valence electrons. The van der Waals surface area contributed by atoms with Gasteiger partial charge in [-0.3, -0.25) is 0 Å². The first-order valence-electron chi connectivity index (χ1n) is 20.8. The van der Waals surface area contributed by atoms with Crippen LogP contribution in [0.5, 0.6) is 11.5 Å². The molecule has 4 nitrogen and oxygen atoms in total. The van der Waals surface area contributed by atoms with Crippen LogP contribution in [0.2, 0.25) is 0 Å². The zero-order valence-electron chi connectivity index (χ0n) is 33.6. The fourth-order valence-electron chi connectivity index (χ4n) is 7.23. The Morgan fingerprint density at radius 2 is 0.764 bits per heavy atom. The van der Waals surface area contributed by atoms with Gasteiger partial charge in [0.15, 0.2) is 5.11 Å². The van der Waals surface area contributed by atoms with E-state index in [-0.39, 0.29) is 0 Å². The van der Waals surface area contributed by atoms with E-state index < -0.39 is 7.26 Å². The van der Waals surface area contributed by atoms with E-state index in [0.717, 1.165) is 22.9 Å². The molecule has 2 N–H and O–H groups in total. The molecule has 0 fully saturated rings. The first kappa shape index (κ1) is 43.5. The summed E-state index contributed by atoms with van der Waals surface area (Å²) in [5, 5.41) is 11.4. The molecule has 0 saturated carbocycles. The number of nitrogens with one attached hydrogen (secondary N) is 2. The molecule has 0 saturated heterocycles. The number of benzene rings is 5. The molecule has 0 spiro atoms. The van der Waals surface area contributed by atoms with Gasteiger partial charge in [-0.2, -0.15) is 0 Å². The Morgan fingerprint density at radius 3 is 1.09 bits per heavy atom. The molecule has 0 aromatic heterocycles. The zero-order valence-corrected chi connectivity index (χ0v) is 35.4. The second-order valence-corrected chi connectivity index (χ2v) is 18.6. The van der Waals surface area contributed by atoms with Crippen LogP contribution < -0.4 is 36.0 Å². The molecule has 0 atom stereocenters. The van der Waals surface area contributed by atoms with Crippen LogP contribution in [0.15, 0.2) is 140 Å². The Hall–Kier alpha value is -4.18. The van der Waals surface area contributed by atoms with E-state index in [0.29, 0.717) is 18.3 Å². The van der Waals surface area contributed by atoms with Crippen molar-refractivity contribution in [2.24, 2.45) is 0 Å². The summed E-state index contributed by atoms with van der Waals surface area (Å²) < 4.78 is 10.8. The zero-order chi connectivity index (χ0) is 38.8. The number of anilines is 2. The van der Waals surface area contributed by atoms with Crippen molar-refractivity contribution in [2.75, 3.05) is 30.0 Å². The molecule has 6 heteroatoms. The summed E-state index contributed by atoms with van der Waals surface area (Å²) in [6.45, 7) is 7.53. The van der Waals surface area contributed by atoms with Crippen molar-refractivity contribution in [3.8, 4) is 11.5 Å². The van der Waals surface area contributed by atoms with Crippen molar-refractivity contribution >= 4 is 51.9 Å². The normalized spacial score (nSPS) is 11.2. The van der Waals surface area contributed by atoms with Gasteiger partial charge >= 0.3 is 191 Å². The van der Waals surface area contributed by atoms with E-state index in [1.807, 2.05) is 62.4 Å². The molecule has 0 aliphatic heterocycles. The van der Waals surface area contributed by atoms with E-state index in [1.54, 1.807) is 15.9 Å². The van der Waals surface area contributed by atoms with Crippen molar-refractivity contribution in [3.63, 3.8) is 0 Å². The molecule has 55 heavy (non-hydrogen) atoms. The fourth-order valence-corrected chi connectivity index (χ4v) is 12.4. The maximum atomic E-state index is 5.40. The van der Waals surface area contributed by atoms with Crippen molar-refractivity contribution in [3.05, 3.63) is 140 Å². The molecule has 0 unspecified atom stereocenters. The van der Waals surface area contributed by atoms with Crippen LogP contribution in [-0.4, -0.2) is 24.5 Å². The van der Waals surface area contributed by atoms with Crippen molar-refractivity contribution in [1.82, 2.24) is 0 Å². The summed E-state index contributed by atoms with van der Waals surface area (Å²) in [6.07, 6.45) is 18.2. The van der Waals surface area contributed by atoms with Gasteiger partial charge in [0.2, 0.25) is 0 Å². The second kappa shape index (κ2) is 25.8. The molecule has 0 bridgehead atoms. The number of hydrogen-bond acceptors (Lipinski definition) is 3. The minimum absolute atomic E-state index is 0.535. The Morgan fingerprint density at radius 1 is 0.436 bits per heavy atom. The van der Waals surface area contributed by atoms with E-state index in [1.165, 1.54) is 83.2 Å². The summed E-state index contributed by atoms with van der Waals surface area (Å²) in [4.78, 5) is 0. The van der Waals surface area contributed by atoms with Gasteiger partial charge in [-0.25, -0.2) is 0 Å². The predicted octanol–water partition coefficient (Wildman–Crippen LogP) is 12.7. The third kappa shape index (κ3) is 15.1. The van der Waals surface area contributed by atoms with Crippen molar-refractivity contribution < 1.29 is 9.47 Å². The largest absolute Gasteiger partial charge is 0.494 e. The molecule has 5 aromatic carbocycles. The average Bonchev–Trinajstić information content (AvgIpc) is 3.23. The Labute approximate surface area is 338 Å². The molecule has 5 aromatic rings. The summed E-state index contributed by atoms with van der Waals surface area (Å²) in [6, 6.07) is 49.5. The molecular formula is C49H65N2O2PS. The van der Waals surface area contributed by atoms with Crippen LogP contribution in [0.1, 0.15) is 97.8 Å².